The Bertz CT molecular complexity index is 320. The van der Waals surface area contributed by atoms with E-state index in [0.717, 1.165) is 18.9 Å². The van der Waals surface area contributed by atoms with Gasteiger partial charge in [-0.15, -0.1) is 0 Å². The second-order valence-corrected chi connectivity index (χ2v) is 3.68. The summed E-state index contributed by atoms with van der Waals surface area (Å²) in [5, 5.41) is 0. The highest BCUT2D eigenvalue weighted by Gasteiger charge is 2.38. The minimum Gasteiger partial charge on any atom is -0.207 e. The third kappa shape index (κ3) is 1.58. The monoisotopic (exact) mass is 182 g/mol. The Kier molecular flexibility index (Phi) is 2.06. The number of rotatable bonds is 2. The van der Waals surface area contributed by atoms with Crippen molar-refractivity contribution in [3.8, 4) is 0 Å². The molecule has 0 bridgehead atoms. The van der Waals surface area contributed by atoms with Gasteiger partial charge in [0.25, 0.3) is 0 Å². The van der Waals surface area contributed by atoms with Gasteiger partial charge in [-0.1, -0.05) is 19.4 Å². The Hall–Kier alpha value is -0.920. The van der Waals surface area contributed by atoms with Crippen LogP contribution >= 0.6 is 0 Å². The van der Waals surface area contributed by atoms with E-state index in [-0.39, 0.29) is 5.82 Å². The van der Waals surface area contributed by atoms with Crippen LogP contribution in [0.1, 0.15) is 31.2 Å². The van der Waals surface area contributed by atoms with Crippen LogP contribution in [0, 0.1) is 17.6 Å². The van der Waals surface area contributed by atoms with Crippen LogP contribution < -0.4 is 0 Å². The molecule has 0 radical (unpaired) electrons. The standard InChI is InChI=1S/C11H12F2/c1-2-7-5-10(7)9-4-3-8(12)6-11(9)13/h3-4,6-7,10H,2,5H2,1H3. The topological polar surface area (TPSA) is 0 Å². The van der Waals surface area contributed by atoms with E-state index in [4.69, 9.17) is 0 Å². The zero-order valence-electron chi connectivity index (χ0n) is 7.56. The third-order valence-electron chi connectivity index (χ3n) is 2.81. The van der Waals surface area contributed by atoms with Crippen LogP contribution in [0.15, 0.2) is 18.2 Å². The Morgan fingerprint density at radius 2 is 2.15 bits per heavy atom. The molecule has 2 heteroatoms. The average Bonchev–Trinajstić information content (AvgIpc) is 2.83. The predicted octanol–water partition coefficient (Wildman–Crippen LogP) is 3.48. The normalized spacial score (nSPS) is 26.1. The number of benzene rings is 1. The lowest BCUT2D eigenvalue weighted by Crippen LogP contribution is -1.90. The van der Waals surface area contributed by atoms with Gasteiger partial charge < -0.3 is 0 Å². The molecule has 1 saturated carbocycles. The summed E-state index contributed by atoms with van der Waals surface area (Å²) in [6.07, 6.45) is 2.14. The summed E-state index contributed by atoms with van der Waals surface area (Å²) in [5.41, 5.74) is 0.688. The van der Waals surface area contributed by atoms with Crippen molar-refractivity contribution in [3.63, 3.8) is 0 Å². The van der Waals surface area contributed by atoms with Gasteiger partial charge in [0.2, 0.25) is 0 Å². The lowest BCUT2D eigenvalue weighted by molar-refractivity contribution is 0.569. The fourth-order valence-corrected chi connectivity index (χ4v) is 1.88. The van der Waals surface area contributed by atoms with Gasteiger partial charge in [0, 0.05) is 6.07 Å². The highest BCUT2D eigenvalue weighted by molar-refractivity contribution is 5.27. The molecule has 1 aromatic rings. The maximum atomic E-state index is 13.2. The van der Waals surface area contributed by atoms with E-state index in [1.54, 1.807) is 6.07 Å². The number of hydrogen-bond acceptors (Lipinski definition) is 0. The largest absolute Gasteiger partial charge is 0.207 e. The number of hydrogen-bond donors (Lipinski definition) is 0. The molecular formula is C11H12F2. The predicted molar refractivity (Wildman–Crippen MR) is 47.5 cm³/mol. The molecule has 0 saturated heterocycles. The van der Waals surface area contributed by atoms with Gasteiger partial charge in [-0.2, -0.15) is 0 Å². The van der Waals surface area contributed by atoms with Crippen LogP contribution in [0.4, 0.5) is 8.78 Å². The summed E-state index contributed by atoms with van der Waals surface area (Å²) >= 11 is 0. The molecule has 2 rings (SSSR count). The maximum absolute atomic E-state index is 13.2. The van der Waals surface area contributed by atoms with Crippen LogP contribution in [-0.4, -0.2) is 0 Å². The lowest BCUT2D eigenvalue weighted by atomic mass is 10.1. The van der Waals surface area contributed by atoms with E-state index in [2.05, 4.69) is 6.92 Å². The first kappa shape index (κ1) is 8.67. The Balaban J connectivity index is 2.22. The summed E-state index contributed by atoms with van der Waals surface area (Å²) in [4.78, 5) is 0. The Morgan fingerprint density at radius 1 is 1.38 bits per heavy atom. The van der Waals surface area contributed by atoms with Crippen molar-refractivity contribution in [2.24, 2.45) is 5.92 Å². The van der Waals surface area contributed by atoms with Gasteiger partial charge in [-0.25, -0.2) is 8.78 Å². The first-order valence-corrected chi connectivity index (χ1v) is 4.67. The summed E-state index contributed by atoms with van der Waals surface area (Å²) < 4.78 is 25.8. The third-order valence-corrected chi connectivity index (χ3v) is 2.81. The summed E-state index contributed by atoms with van der Waals surface area (Å²) in [5.74, 6) is 0.0708. The van der Waals surface area contributed by atoms with Gasteiger partial charge in [0.1, 0.15) is 11.6 Å². The van der Waals surface area contributed by atoms with E-state index in [9.17, 15) is 8.78 Å². The second kappa shape index (κ2) is 3.09. The summed E-state index contributed by atoms with van der Waals surface area (Å²) in [6.45, 7) is 2.10. The van der Waals surface area contributed by atoms with Gasteiger partial charge in [0.05, 0.1) is 0 Å². The molecule has 1 aromatic carbocycles. The Labute approximate surface area is 76.6 Å². The van der Waals surface area contributed by atoms with E-state index >= 15 is 0 Å². The first-order valence-electron chi connectivity index (χ1n) is 4.67. The quantitative estimate of drug-likeness (QED) is 0.656. The van der Waals surface area contributed by atoms with Crippen molar-refractivity contribution < 1.29 is 8.78 Å². The SMILES string of the molecule is CCC1CC1c1ccc(F)cc1F. The van der Waals surface area contributed by atoms with Gasteiger partial charge in [-0.3, -0.25) is 0 Å². The summed E-state index contributed by atoms with van der Waals surface area (Å²) in [6, 6.07) is 3.88. The molecule has 0 aliphatic heterocycles. The van der Waals surface area contributed by atoms with Gasteiger partial charge >= 0.3 is 0 Å². The zero-order chi connectivity index (χ0) is 9.42. The second-order valence-electron chi connectivity index (χ2n) is 3.68. The van der Waals surface area contributed by atoms with Crippen molar-refractivity contribution in [3.05, 3.63) is 35.4 Å². The van der Waals surface area contributed by atoms with Crippen molar-refractivity contribution in [1.82, 2.24) is 0 Å². The van der Waals surface area contributed by atoms with Crippen LogP contribution in [-0.2, 0) is 0 Å². The highest BCUT2D eigenvalue weighted by atomic mass is 19.1. The molecule has 0 N–H and O–H groups in total. The molecule has 2 unspecified atom stereocenters. The van der Waals surface area contributed by atoms with E-state index in [0.29, 0.717) is 17.4 Å². The van der Waals surface area contributed by atoms with E-state index in [1.165, 1.54) is 6.07 Å². The average molecular weight is 182 g/mol. The molecule has 70 valence electrons. The minimum atomic E-state index is -0.491. The first-order chi connectivity index (χ1) is 6.22. The molecule has 0 heterocycles. The maximum Gasteiger partial charge on any atom is 0.129 e. The molecule has 0 amide bonds. The molecular weight excluding hydrogens is 170 g/mol. The molecule has 13 heavy (non-hydrogen) atoms. The van der Waals surface area contributed by atoms with Crippen LogP contribution in [0.25, 0.3) is 0 Å². The van der Waals surface area contributed by atoms with Crippen molar-refractivity contribution >= 4 is 0 Å². The van der Waals surface area contributed by atoms with E-state index in [1.807, 2.05) is 0 Å². The smallest absolute Gasteiger partial charge is 0.129 e. The summed E-state index contributed by atoms with van der Waals surface area (Å²) in [7, 11) is 0. The van der Waals surface area contributed by atoms with Gasteiger partial charge in [0.15, 0.2) is 0 Å². The van der Waals surface area contributed by atoms with E-state index < -0.39 is 5.82 Å². The zero-order valence-corrected chi connectivity index (χ0v) is 7.56. The molecule has 1 fully saturated rings. The molecule has 0 spiro atoms. The lowest BCUT2D eigenvalue weighted by Gasteiger charge is -2.00. The molecule has 1 aliphatic carbocycles. The van der Waals surface area contributed by atoms with Crippen LogP contribution in [0.5, 0.6) is 0 Å². The molecule has 2 atom stereocenters. The number of halogens is 2. The van der Waals surface area contributed by atoms with Crippen molar-refractivity contribution in [2.75, 3.05) is 0 Å². The van der Waals surface area contributed by atoms with Crippen molar-refractivity contribution in [2.45, 2.75) is 25.7 Å². The molecule has 0 nitrogen and oxygen atoms in total. The fourth-order valence-electron chi connectivity index (χ4n) is 1.88. The van der Waals surface area contributed by atoms with Gasteiger partial charge in [-0.05, 0) is 29.9 Å². The van der Waals surface area contributed by atoms with Crippen molar-refractivity contribution in [1.29, 1.82) is 0 Å². The molecule has 0 aromatic heterocycles. The van der Waals surface area contributed by atoms with Crippen LogP contribution in [0.3, 0.4) is 0 Å². The Morgan fingerprint density at radius 3 is 2.69 bits per heavy atom. The van der Waals surface area contributed by atoms with Crippen LogP contribution in [0.2, 0.25) is 0 Å². The minimum absolute atomic E-state index is 0.339. The fraction of sp³-hybridized carbons (Fsp3) is 0.455. The highest BCUT2D eigenvalue weighted by Crippen LogP contribution is 2.49. The molecule has 1 aliphatic rings.